The first-order valence-corrected chi connectivity index (χ1v) is 22.8. The molecule has 6 rings (SSSR count). The van der Waals surface area contributed by atoms with E-state index in [4.69, 9.17) is 0 Å². The molecular weight excluding hydrogens is 207 g/mol. The summed E-state index contributed by atoms with van der Waals surface area (Å²) in [4.78, 5) is 0. The molecule has 0 aliphatic carbocycles. The Bertz CT molecular complexity index is 114. The first-order chi connectivity index (χ1) is 4.00. The second-order valence-electron chi connectivity index (χ2n) is 3.17. The van der Waals surface area contributed by atoms with Crippen LogP contribution in [0.25, 0.3) is 0 Å². The minimum atomic E-state index is 0.824. The SMILES string of the molecule is B12[Si]3[Si]4[Si]1[Si]1[Si]2[Si]3[Si]41. The summed E-state index contributed by atoms with van der Waals surface area (Å²) in [5.41, 5.74) is 1.80. The third-order valence-corrected chi connectivity index (χ3v) is 168. The van der Waals surface area contributed by atoms with Crippen molar-refractivity contribution in [2.45, 2.75) is 0 Å². The van der Waals surface area contributed by atoms with Crippen molar-refractivity contribution in [3.63, 3.8) is 0 Å². The Labute approximate surface area is 57.9 Å². The van der Waals surface area contributed by atoms with Gasteiger partial charge in [-0.05, 0) is 52.5 Å². The summed E-state index contributed by atoms with van der Waals surface area (Å²) in [7, 11) is 6.01. The van der Waals surface area contributed by atoms with Gasteiger partial charge in [-0.15, -0.1) is 0 Å². The van der Waals surface area contributed by atoms with Gasteiger partial charge in [-0.2, -0.15) is 0 Å². The lowest BCUT2D eigenvalue weighted by Crippen LogP contribution is -3.38. The van der Waals surface area contributed by atoms with Gasteiger partial charge >= 0.3 is 0 Å². The highest BCUT2D eigenvalue weighted by atomic mass is 30.8. The smallest absolute Gasteiger partial charge is 0.0220 e. The predicted molar refractivity (Wildman–Crippen MR) is 46.0 cm³/mol. The van der Waals surface area contributed by atoms with Gasteiger partial charge in [0.15, 0.2) is 0 Å². The molecule has 6 aliphatic rings. The van der Waals surface area contributed by atoms with Gasteiger partial charge in [-0.25, -0.2) is 0 Å². The molecule has 8 heteroatoms. The van der Waals surface area contributed by atoms with E-state index in [1.807, 2.05) is 0 Å². The molecule has 0 unspecified atom stereocenters. The molecule has 6 heterocycles. The van der Waals surface area contributed by atoms with Crippen LogP contribution in [0.5, 0.6) is 0 Å². The lowest BCUT2D eigenvalue weighted by atomic mass is 10.6. The first-order valence-electron chi connectivity index (χ1n) is 3.12. The van der Waals surface area contributed by atoms with Crippen LogP contribution in [0.15, 0.2) is 0 Å². The van der Waals surface area contributed by atoms with Crippen molar-refractivity contribution >= 4 is 58.0 Å². The fraction of sp³-hybridized carbons (Fsp3) is 0. The van der Waals surface area contributed by atoms with Crippen LogP contribution in [0.4, 0.5) is 0 Å². The van der Waals surface area contributed by atoms with Crippen LogP contribution in [0.1, 0.15) is 0 Å². The Hall–Kier alpha value is 1.58. The molecule has 0 aromatic carbocycles. The van der Waals surface area contributed by atoms with Gasteiger partial charge in [0.25, 0.3) is 0 Å². The van der Waals surface area contributed by atoms with E-state index in [0.29, 0.717) is 0 Å². The van der Waals surface area contributed by atoms with E-state index in [1.54, 1.807) is 5.49 Å². The number of hydrogen-bond acceptors (Lipinski definition) is 0. The van der Waals surface area contributed by atoms with Gasteiger partial charge in [0.2, 0.25) is 0 Å². The van der Waals surface area contributed by atoms with E-state index in [9.17, 15) is 0 Å². The quantitative estimate of drug-likeness (QED) is 0.371. The topological polar surface area (TPSA) is 0 Å². The second kappa shape index (κ2) is 0.754. The molecule has 0 nitrogen and oxygen atoms in total. The van der Waals surface area contributed by atoms with E-state index in [1.165, 1.54) is 0 Å². The molecule has 0 saturated carbocycles. The molecular formula is BSi7. The maximum atomic E-state index is 1.80. The van der Waals surface area contributed by atoms with Crippen LogP contribution in [-0.2, 0) is 0 Å². The Morgan fingerprint density at radius 3 is 1.25 bits per heavy atom. The highest BCUT2D eigenvalue weighted by molar-refractivity contribution is 8.76. The summed E-state index contributed by atoms with van der Waals surface area (Å²) in [6, 6.07) is 0. The van der Waals surface area contributed by atoms with Crippen molar-refractivity contribution in [2.24, 2.45) is 0 Å². The summed E-state index contributed by atoms with van der Waals surface area (Å²) in [5, 5.41) is 0. The van der Waals surface area contributed by atoms with E-state index in [2.05, 4.69) is 0 Å². The van der Waals surface area contributed by atoms with Gasteiger partial charge in [0.05, 0.1) is 5.49 Å². The molecule has 31 valence electrons. The van der Waals surface area contributed by atoms with Crippen LogP contribution >= 0.6 is 0 Å². The van der Waals surface area contributed by atoms with Crippen LogP contribution in [0.3, 0.4) is 0 Å². The second-order valence-corrected chi connectivity index (χ2v) is 62.3. The molecule has 7 radical (unpaired) electrons. The van der Waals surface area contributed by atoms with E-state index < -0.39 is 0 Å². The standard InChI is InChI=1S/BSi7/c1-2-5-3(1)7-4(1)6(2)8(5)7. The molecule has 0 atom stereocenters. The predicted octanol–water partition coefficient (Wildman–Crippen LogP) is -3.05. The number of hydrogen-bond donors (Lipinski definition) is 0. The van der Waals surface area contributed by atoms with Gasteiger partial charge in [-0.3, -0.25) is 0 Å². The summed E-state index contributed by atoms with van der Waals surface area (Å²) in [5.74, 6) is 0. The van der Waals surface area contributed by atoms with Crippen LogP contribution in [0.2, 0.25) is 0 Å². The van der Waals surface area contributed by atoms with Crippen LogP contribution < -0.4 is 0 Å². The average Bonchev–Trinajstić information content (AvgIpc) is 1.90. The molecule has 0 N–H and O–H groups in total. The van der Waals surface area contributed by atoms with Crippen molar-refractivity contribution < 1.29 is 0 Å². The fourth-order valence-corrected chi connectivity index (χ4v) is 358. The molecule has 0 spiro atoms. The van der Waals surface area contributed by atoms with Gasteiger partial charge in [0, 0.05) is 0 Å². The van der Waals surface area contributed by atoms with Crippen molar-refractivity contribution in [2.75, 3.05) is 0 Å². The maximum absolute atomic E-state index is 1.80. The minimum absolute atomic E-state index is 0.824. The summed E-state index contributed by atoms with van der Waals surface area (Å²) in [6.07, 6.45) is 0. The highest BCUT2D eigenvalue weighted by Gasteiger charge is 3.00. The summed E-state index contributed by atoms with van der Waals surface area (Å²) < 4.78 is 0. The minimum Gasteiger partial charge on any atom is -0.0220 e. The third-order valence-electron chi connectivity index (χ3n) is 3.23. The monoisotopic (exact) mass is 207 g/mol. The first kappa shape index (κ1) is 3.83. The molecule has 6 aliphatic heterocycles. The van der Waals surface area contributed by atoms with Crippen LogP contribution in [-0.4, -0.2) is 58.0 Å². The van der Waals surface area contributed by atoms with Gasteiger partial charge in [0.1, 0.15) is 0 Å². The molecule has 6 saturated heterocycles. The normalized spacial score (nSPS) is 51.8. The highest BCUT2D eigenvalue weighted by Crippen LogP contribution is 2.62. The molecule has 0 amide bonds. The molecule has 0 aromatic rings. The zero-order valence-corrected chi connectivity index (χ0v) is 11.1. The Morgan fingerprint density at radius 1 is 0.625 bits per heavy atom. The number of rotatable bonds is 0. The molecule has 0 bridgehead atoms. The maximum Gasteiger partial charge on any atom is 0.0971 e. The van der Waals surface area contributed by atoms with Crippen molar-refractivity contribution in [1.82, 2.24) is 0 Å². The Morgan fingerprint density at radius 2 is 1.12 bits per heavy atom. The zero-order chi connectivity index (χ0) is 4.62. The summed E-state index contributed by atoms with van der Waals surface area (Å²) >= 11 is 0. The Kier molecular flexibility index (Phi) is 0.361. The summed E-state index contributed by atoms with van der Waals surface area (Å²) in [6.45, 7) is 0. The van der Waals surface area contributed by atoms with E-state index >= 15 is 0 Å². The van der Waals surface area contributed by atoms with Crippen molar-refractivity contribution in [3.8, 4) is 0 Å². The van der Waals surface area contributed by atoms with E-state index in [0.717, 1.165) is 52.5 Å². The fourth-order valence-electron chi connectivity index (χ4n) is 2.87. The Balaban J connectivity index is 2.00. The van der Waals surface area contributed by atoms with Crippen molar-refractivity contribution in [1.29, 1.82) is 0 Å². The van der Waals surface area contributed by atoms with Gasteiger partial charge in [-0.1, -0.05) is 0 Å². The molecule has 0 aromatic heterocycles. The molecule has 6 fully saturated rings. The molecule has 8 heavy (non-hydrogen) atoms. The van der Waals surface area contributed by atoms with Crippen LogP contribution in [0, 0.1) is 0 Å². The lowest BCUT2D eigenvalue weighted by molar-refractivity contribution is 2.76. The van der Waals surface area contributed by atoms with Gasteiger partial charge < -0.3 is 0 Å². The largest absolute Gasteiger partial charge is 0.0971 e. The average molecular weight is 207 g/mol. The van der Waals surface area contributed by atoms with E-state index in [-0.39, 0.29) is 0 Å². The van der Waals surface area contributed by atoms with Crippen molar-refractivity contribution in [3.05, 3.63) is 0 Å². The third kappa shape index (κ3) is 0.134. The lowest BCUT2D eigenvalue weighted by Gasteiger charge is -3.00. The zero-order valence-electron chi connectivity index (χ0n) is 4.08.